The zero-order valence-electron chi connectivity index (χ0n) is 20.0. The Bertz CT molecular complexity index is 755. The first kappa shape index (κ1) is 23.8. The Morgan fingerprint density at radius 2 is 1.81 bits per heavy atom. The fourth-order valence-electron chi connectivity index (χ4n) is 4.88. The second kappa shape index (κ2) is 10.6. The molecule has 0 saturated carbocycles. The van der Waals surface area contributed by atoms with Gasteiger partial charge in [0.15, 0.2) is 0 Å². The van der Waals surface area contributed by atoms with E-state index in [0.29, 0.717) is 12.0 Å². The van der Waals surface area contributed by atoms with Crippen LogP contribution in [0.2, 0.25) is 0 Å². The summed E-state index contributed by atoms with van der Waals surface area (Å²) >= 11 is 0. The minimum atomic E-state index is -0.312. The standard InChI is InChI=1S/C26H41N3O2/c1-20(30)29-17-9-13-24(29)25(31)27-23-12-7-8-16-28(19-15-26(2,3)4)18-14-21-10-5-6-11-22(21)23/h5-6,10-11,23-24H,7-9,12-19H2,1-4H3,(H,27,31)/t23-,24-/m0/s1. The van der Waals surface area contributed by atoms with Crippen LogP contribution < -0.4 is 5.32 Å². The average Bonchev–Trinajstić information content (AvgIpc) is 3.21. The van der Waals surface area contributed by atoms with Gasteiger partial charge in [0.25, 0.3) is 0 Å². The monoisotopic (exact) mass is 427 g/mol. The van der Waals surface area contributed by atoms with Gasteiger partial charge in [-0.15, -0.1) is 0 Å². The van der Waals surface area contributed by atoms with E-state index in [4.69, 9.17) is 0 Å². The maximum absolute atomic E-state index is 13.1. The van der Waals surface area contributed by atoms with Crippen LogP contribution in [0.1, 0.15) is 83.4 Å². The smallest absolute Gasteiger partial charge is 0.243 e. The molecule has 0 spiro atoms. The van der Waals surface area contributed by atoms with Crippen molar-refractivity contribution < 1.29 is 9.59 Å². The third-order valence-electron chi connectivity index (χ3n) is 6.80. The van der Waals surface area contributed by atoms with Gasteiger partial charge in [0.05, 0.1) is 6.04 Å². The largest absolute Gasteiger partial charge is 0.347 e. The lowest BCUT2D eigenvalue weighted by molar-refractivity contribution is -0.137. The average molecular weight is 428 g/mol. The van der Waals surface area contributed by atoms with Crippen LogP contribution in [-0.4, -0.2) is 53.8 Å². The molecule has 2 heterocycles. The molecule has 2 atom stereocenters. The summed E-state index contributed by atoms with van der Waals surface area (Å²) in [4.78, 5) is 29.4. The Morgan fingerprint density at radius 1 is 1.03 bits per heavy atom. The SMILES string of the molecule is CC(=O)N1CCC[C@H]1C(=O)N[C@H]1CCCCN(CCC(C)(C)C)CCc2ccccc21. The van der Waals surface area contributed by atoms with Gasteiger partial charge >= 0.3 is 0 Å². The molecule has 2 aliphatic rings. The summed E-state index contributed by atoms with van der Waals surface area (Å²) in [6.45, 7) is 12.5. The van der Waals surface area contributed by atoms with Crippen LogP contribution in [0.5, 0.6) is 0 Å². The molecule has 2 aliphatic heterocycles. The maximum Gasteiger partial charge on any atom is 0.243 e. The van der Waals surface area contributed by atoms with Crippen molar-refractivity contribution in [1.29, 1.82) is 0 Å². The summed E-state index contributed by atoms with van der Waals surface area (Å²) in [6.07, 6.45) is 7.08. The third kappa shape index (κ3) is 6.80. The Balaban J connectivity index is 1.71. The quantitative estimate of drug-likeness (QED) is 0.779. The van der Waals surface area contributed by atoms with Crippen LogP contribution in [0, 0.1) is 5.41 Å². The second-order valence-electron chi connectivity index (χ2n) is 10.5. The predicted molar refractivity (Wildman–Crippen MR) is 126 cm³/mol. The third-order valence-corrected chi connectivity index (χ3v) is 6.80. The first-order valence-corrected chi connectivity index (χ1v) is 12.1. The first-order chi connectivity index (χ1) is 14.7. The van der Waals surface area contributed by atoms with E-state index in [-0.39, 0.29) is 23.9 Å². The predicted octanol–water partition coefficient (Wildman–Crippen LogP) is 4.32. The van der Waals surface area contributed by atoms with Crippen LogP contribution in [0.25, 0.3) is 0 Å². The minimum absolute atomic E-state index is 0.000600. The molecule has 3 rings (SSSR count). The molecule has 5 heteroatoms. The summed E-state index contributed by atoms with van der Waals surface area (Å²) in [7, 11) is 0. The van der Waals surface area contributed by atoms with Gasteiger partial charge in [-0.1, -0.05) is 45.0 Å². The Labute approximate surface area is 188 Å². The minimum Gasteiger partial charge on any atom is -0.347 e. The molecular weight excluding hydrogens is 386 g/mol. The van der Waals surface area contributed by atoms with E-state index in [0.717, 1.165) is 58.2 Å². The molecule has 5 nitrogen and oxygen atoms in total. The molecule has 1 fully saturated rings. The highest BCUT2D eigenvalue weighted by Gasteiger charge is 2.33. The van der Waals surface area contributed by atoms with E-state index in [1.165, 1.54) is 17.5 Å². The number of carbonyl (C=O) groups excluding carboxylic acids is 2. The molecule has 31 heavy (non-hydrogen) atoms. The molecule has 0 unspecified atom stereocenters. The van der Waals surface area contributed by atoms with E-state index in [1.807, 2.05) is 0 Å². The molecule has 172 valence electrons. The van der Waals surface area contributed by atoms with Gasteiger partial charge in [0.1, 0.15) is 6.04 Å². The van der Waals surface area contributed by atoms with Crippen LogP contribution in [0.3, 0.4) is 0 Å². The highest BCUT2D eigenvalue weighted by Crippen LogP contribution is 2.27. The van der Waals surface area contributed by atoms with Crippen LogP contribution in [-0.2, 0) is 16.0 Å². The lowest BCUT2D eigenvalue weighted by atomic mass is 9.91. The molecular formula is C26H41N3O2. The van der Waals surface area contributed by atoms with Crippen molar-refractivity contribution in [2.75, 3.05) is 26.2 Å². The van der Waals surface area contributed by atoms with Crippen LogP contribution in [0.15, 0.2) is 24.3 Å². The number of nitrogens with zero attached hydrogens (tertiary/aromatic N) is 2. The molecule has 1 N–H and O–H groups in total. The van der Waals surface area contributed by atoms with Gasteiger partial charge in [0.2, 0.25) is 11.8 Å². The molecule has 0 aromatic heterocycles. The number of carbonyl (C=O) groups is 2. The second-order valence-corrected chi connectivity index (χ2v) is 10.5. The first-order valence-electron chi connectivity index (χ1n) is 12.1. The van der Waals surface area contributed by atoms with E-state index >= 15 is 0 Å². The number of amides is 2. The van der Waals surface area contributed by atoms with E-state index in [9.17, 15) is 9.59 Å². The van der Waals surface area contributed by atoms with E-state index in [1.54, 1.807) is 11.8 Å². The molecule has 0 radical (unpaired) electrons. The van der Waals surface area contributed by atoms with Crippen molar-refractivity contribution in [3.05, 3.63) is 35.4 Å². The van der Waals surface area contributed by atoms with Crippen molar-refractivity contribution >= 4 is 11.8 Å². The van der Waals surface area contributed by atoms with Gasteiger partial charge in [-0.3, -0.25) is 9.59 Å². The van der Waals surface area contributed by atoms with Crippen molar-refractivity contribution in [3.63, 3.8) is 0 Å². The number of likely N-dealkylation sites (tertiary alicyclic amines) is 1. The maximum atomic E-state index is 13.1. The van der Waals surface area contributed by atoms with Crippen molar-refractivity contribution in [1.82, 2.24) is 15.1 Å². The normalized spacial score (nSPS) is 23.3. The van der Waals surface area contributed by atoms with Gasteiger partial charge in [-0.2, -0.15) is 0 Å². The molecule has 2 amide bonds. The Kier molecular flexibility index (Phi) is 8.15. The molecule has 0 aliphatic carbocycles. The number of hydrogen-bond acceptors (Lipinski definition) is 3. The highest BCUT2D eigenvalue weighted by molar-refractivity contribution is 5.87. The number of rotatable bonds is 4. The summed E-state index contributed by atoms with van der Waals surface area (Å²) in [5.74, 6) is 0.00992. The molecule has 1 aromatic carbocycles. The van der Waals surface area contributed by atoms with Crippen LogP contribution >= 0.6 is 0 Å². The number of nitrogens with one attached hydrogen (secondary N) is 1. The van der Waals surface area contributed by atoms with Gasteiger partial charge < -0.3 is 15.1 Å². The summed E-state index contributed by atoms with van der Waals surface area (Å²) in [5.41, 5.74) is 2.95. The zero-order valence-corrected chi connectivity index (χ0v) is 20.0. The fraction of sp³-hybridized carbons (Fsp3) is 0.692. The van der Waals surface area contributed by atoms with Crippen molar-refractivity contribution in [2.45, 2.75) is 84.7 Å². The molecule has 1 aromatic rings. The highest BCUT2D eigenvalue weighted by atomic mass is 16.2. The van der Waals surface area contributed by atoms with Gasteiger partial charge in [-0.25, -0.2) is 0 Å². The lowest BCUT2D eigenvalue weighted by Gasteiger charge is -2.30. The summed E-state index contributed by atoms with van der Waals surface area (Å²) in [5, 5.41) is 3.33. The fourth-order valence-corrected chi connectivity index (χ4v) is 4.88. The topological polar surface area (TPSA) is 52.7 Å². The summed E-state index contributed by atoms with van der Waals surface area (Å²) in [6, 6.07) is 8.30. The van der Waals surface area contributed by atoms with Crippen molar-refractivity contribution in [2.24, 2.45) is 5.41 Å². The number of hydrogen-bond donors (Lipinski definition) is 1. The van der Waals surface area contributed by atoms with Gasteiger partial charge in [-0.05, 0) is 74.6 Å². The van der Waals surface area contributed by atoms with E-state index in [2.05, 4.69) is 55.3 Å². The molecule has 1 saturated heterocycles. The number of fused-ring (bicyclic) bond motifs is 1. The summed E-state index contributed by atoms with van der Waals surface area (Å²) < 4.78 is 0. The number of benzene rings is 1. The lowest BCUT2D eigenvalue weighted by Crippen LogP contribution is -2.46. The zero-order chi connectivity index (χ0) is 22.4. The molecule has 0 bridgehead atoms. The van der Waals surface area contributed by atoms with Crippen LogP contribution in [0.4, 0.5) is 0 Å². The Morgan fingerprint density at radius 3 is 2.55 bits per heavy atom. The van der Waals surface area contributed by atoms with E-state index < -0.39 is 0 Å². The Hall–Kier alpha value is -1.88. The van der Waals surface area contributed by atoms with Crippen molar-refractivity contribution in [3.8, 4) is 0 Å². The van der Waals surface area contributed by atoms with Gasteiger partial charge in [0, 0.05) is 20.0 Å².